The molecule has 3 aromatic heterocycles. The van der Waals surface area contributed by atoms with Crippen LogP contribution in [-0.2, 0) is 54.9 Å². The van der Waals surface area contributed by atoms with Gasteiger partial charge < -0.3 is 89.0 Å². The summed E-state index contributed by atoms with van der Waals surface area (Å²) in [6.07, 6.45) is 8.55. The number of benzene rings is 4. The molecule has 0 atom stereocenters. The van der Waals surface area contributed by atoms with E-state index in [2.05, 4.69) is 39.3 Å². The molecule has 0 unspecified atom stereocenters. The average Bonchev–Trinajstić information content (AvgIpc) is 0.824. The van der Waals surface area contributed by atoms with Crippen LogP contribution >= 0.6 is 11.6 Å². The third-order valence-corrected chi connectivity index (χ3v) is 16.5. The van der Waals surface area contributed by atoms with Crippen molar-refractivity contribution in [1.29, 1.82) is 0 Å². The van der Waals surface area contributed by atoms with Crippen molar-refractivity contribution in [1.82, 2.24) is 34.6 Å². The molecule has 0 aliphatic carbocycles. The van der Waals surface area contributed by atoms with Crippen molar-refractivity contribution in [3.05, 3.63) is 139 Å². The van der Waals surface area contributed by atoms with Gasteiger partial charge in [-0.2, -0.15) is 0 Å². The number of hydrogen-bond donors (Lipinski definition) is 8. The molecule has 7 heterocycles. The minimum Gasteiger partial charge on any atom is -0.855 e. The van der Waals surface area contributed by atoms with Gasteiger partial charge in [0.15, 0.2) is 16.6 Å². The molecule has 27 nitrogen and oxygen atoms in total. The number of aliphatic hydroxyl groups is 5. The Bertz CT molecular complexity index is 3520. The number of Topliss-reactive ketones (excluding diaryl/α,β-unsaturated/α-hetero) is 1. The Balaban J connectivity index is 0.000000276. The van der Waals surface area contributed by atoms with Crippen LogP contribution in [0.25, 0.3) is 32.7 Å². The summed E-state index contributed by atoms with van der Waals surface area (Å²) < 4.78 is 48.7. The number of ketones is 1. The molecule has 0 amide bonds. The molecule has 103 heavy (non-hydrogen) atoms. The number of aliphatic hydroxyl groups excluding tert-OH is 5. The Morgan fingerprint density at radius 3 is 1.20 bits per heavy atom. The second kappa shape index (κ2) is 52.5. The Hall–Kier alpha value is -6.42. The summed E-state index contributed by atoms with van der Waals surface area (Å²) in [5.41, 5.74) is 11.4. The van der Waals surface area contributed by atoms with Crippen LogP contribution < -0.4 is 70.2 Å². The van der Waals surface area contributed by atoms with Gasteiger partial charge in [0.05, 0.1) is 134 Å². The number of anilines is 1. The van der Waals surface area contributed by atoms with Crippen LogP contribution in [0.2, 0.25) is 5.02 Å². The first-order valence-electron chi connectivity index (χ1n) is 34.9. The van der Waals surface area contributed by atoms with Gasteiger partial charge in [0.25, 0.3) is 6.47 Å². The van der Waals surface area contributed by atoms with E-state index in [1.165, 1.54) is 19.1 Å². The zero-order chi connectivity index (χ0) is 73.7. The van der Waals surface area contributed by atoms with Crippen LogP contribution in [0.15, 0.2) is 94.9 Å². The van der Waals surface area contributed by atoms with Crippen molar-refractivity contribution in [2.75, 3.05) is 183 Å². The van der Waals surface area contributed by atoms with Gasteiger partial charge in [-0.15, -0.1) is 6.61 Å². The number of nitrogens with two attached hydrogens (primary N) is 1. The van der Waals surface area contributed by atoms with E-state index in [0.29, 0.717) is 106 Å². The number of aromatic amines is 2. The largest absolute Gasteiger partial charge is 1.00 e. The minimum absolute atomic E-state index is 0. The summed E-state index contributed by atoms with van der Waals surface area (Å²) in [5.74, 6) is 2.36. The summed E-state index contributed by atoms with van der Waals surface area (Å²) >= 11 is 6.17. The van der Waals surface area contributed by atoms with Crippen LogP contribution in [-0.4, -0.2) is 250 Å². The Labute approximate surface area is 630 Å². The number of carbonyl (C=O) groups excluding carboxylic acids is 2. The molecule has 0 spiro atoms. The maximum atomic E-state index is 11.8. The summed E-state index contributed by atoms with van der Waals surface area (Å²) in [4.78, 5) is 64.1. The molecule has 4 aliphatic rings. The normalized spacial score (nSPS) is 14.7. The molecule has 9 N–H and O–H groups in total. The fraction of sp³-hybridized carbons (Fsp3) is 0.527. The van der Waals surface area contributed by atoms with Gasteiger partial charge in [-0.3, -0.25) is 43.8 Å². The van der Waals surface area contributed by atoms with E-state index in [-0.39, 0.29) is 85.8 Å². The second-order valence-electron chi connectivity index (χ2n) is 23.5. The first-order valence-corrected chi connectivity index (χ1v) is 35.3. The number of H-pyrrole nitrogens is 2. The van der Waals surface area contributed by atoms with Crippen molar-refractivity contribution in [3.8, 4) is 23.0 Å². The molecule has 7 aromatic rings. The zero-order valence-electron chi connectivity index (χ0n) is 60.6. The number of aromatic nitrogens is 3. The summed E-state index contributed by atoms with van der Waals surface area (Å²) in [6, 6.07) is 18.6. The van der Waals surface area contributed by atoms with Crippen molar-refractivity contribution >= 4 is 62.3 Å². The van der Waals surface area contributed by atoms with E-state index >= 15 is 0 Å². The van der Waals surface area contributed by atoms with E-state index in [0.717, 1.165) is 185 Å². The summed E-state index contributed by atoms with van der Waals surface area (Å²) in [5, 5.41) is 57.1. The monoisotopic (exact) mass is 1470 g/mol. The molecule has 0 radical (unpaired) electrons. The number of nitrogens with zero attached hydrogens (tertiary/aromatic N) is 5. The maximum Gasteiger partial charge on any atom is 1.00 e. The topological polar surface area (TPSA) is 359 Å². The molecular weight excluding hydrogens is 1360 g/mol. The minimum atomic E-state index is -0.181. The van der Waals surface area contributed by atoms with E-state index in [4.69, 9.17) is 65.4 Å². The summed E-state index contributed by atoms with van der Waals surface area (Å²) in [7, 11) is 0. The Morgan fingerprint density at radius 2 is 0.883 bits per heavy atom. The van der Waals surface area contributed by atoms with Crippen molar-refractivity contribution in [3.63, 3.8) is 0 Å². The van der Waals surface area contributed by atoms with Gasteiger partial charge in [-0.05, 0) is 76.8 Å². The quantitative estimate of drug-likeness (QED) is 0.0120. The average molecular weight is 1470 g/mol. The third-order valence-electron chi connectivity index (χ3n) is 16.2. The van der Waals surface area contributed by atoms with Gasteiger partial charge in [-0.25, -0.2) is 0 Å². The van der Waals surface area contributed by atoms with Gasteiger partial charge in [0, 0.05) is 190 Å². The Morgan fingerprint density at radius 1 is 0.553 bits per heavy atom. The number of nitrogens with one attached hydrogen (secondary N) is 2. The number of morpholine rings is 4. The van der Waals surface area contributed by atoms with Crippen LogP contribution in [0.5, 0.6) is 23.0 Å². The first kappa shape index (κ1) is 89.0. The van der Waals surface area contributed by atoms with E-state index in [1.807, 2.05) is 12.1 Å². The SMILES string of the molecule is CC(=O)c1cc(CO)c(OCCCN2CCOCC2)cc1N.CCO.CCOC=O.CC[O-].O=c1cc[nH]c2cc(OCCCN3CCOCC3)c(CO)cc12.O=c1cc[nH]c2cc(OCCCN3CCOCC3)c(CO)cc12.OCc1cc2c(Cl)ccnc2cc1OCCCN1CCOCC1.[Na+]. The molecule has 0 bridgehead atoms. The number of ether oxygens (including phenoxy) is 9. The molecule has 4 aromatic carbocycles. The first-order chi connectivity index (χ1) is 49.7. The number of fused-ring (bicyclic) bond motifs is 3. The molecule has 4 aliphatic heterocycles. The predicted octanol–water partition coefficient (Wildman–Crippen LogP) is 2.34. The third kappa shape index (κ3) is 32.1. The summed E-state index contributed by atoms with van der Waals surface area (Å²) in [6.45, 7) is 27.4. The molecular formula is C74H106ClN8NaO19. The maximum absolute atomic E-state index is 11.8. The van der Waals surface area contributed by atoms with Crippen molar-refractivity contribution in [2.45, 2.75) is 79.8 Å². The van der Waals surface area contributed by atoms with Gasteiger partial charge in [0.2, 0.25) is 0 Å². The standard InChI is InChI=1S/C17H21ClN2O3.2C17H22N2O4.C16H24N2O4.C3H6O2.C2H6O.C2H5O.Na/c18-15-2-3-19-16-11-17(13(12-21)10-14(15)16)23-7-1-4-20-5-8-22-9-6-20;2*20-12-13-10-14-15(18-3-2-16(14)21)11-17(13)23-7-1-4-19-5-8-22-9-6-19;1-12(20)14-9-13(11-19)16(10-15(14)17)22-6-2-3-18-4-7-21-8-5-18;1-2-5-3-4;2*1-2-3;/h2-3,10-11,21H,1,4-9,12H2;2*2-3,10-11,20H,1,4-9,12H2,(H,18,21);9-10,19H,2-8,11,17H2,1H3;3H,2H2,1H3;3H,2H2,1H3;2H2,1H3;/q;;;;;;-1;+1. The van der Waals surface area contributed by atoms with E-state index in [9.17, 15) is 39.6 Å². The van der Waals surface area contributed by atoms with Crippen molar-refractivity contribution < 1.29 is 112 Å². The number of nitrogen functional groups attached to an aromatic ring is 1. The molecule has 4 saturated heterocycles. The van der Waals surface area contributed by atoms with Crippen molar-refractivity contribution in [2.24, 2.45) is 0 Å². The predicted molar refractivity (Wildman–Crippen MR) is 391 cm³/mol. The molecule has 11 rings (SSSR count). The van der Waals surface area contributed by atoms with Gasteiger partial charge >= 0.3 is 29.6 Å². The fourth-order valence-electron chi connectivity index (χ4n) is 10.9. The number of hydrogen-bond acceptors (Lipinski definition) is 25. The number of carbonyl (C=O) groups is 2. The molecule has 4 fully saturated rings. The second-order valence-corrected chi connectivity index (χ2v) is 23.9. The van der Waals surface area contributed by atoms with Crippen LogP contribution in [0.3, 0.4) is 0 Å². The van der Waals surface area contributed by atoms with E-state index < -0.39 is 0 Å². The fourth-order valence-corrected chi connectivity index (χ4v) is 11.1. The molecule has 0 saturated carbocycles. The smallest absolute Gasteiger partial charge is 0.855 e. The van der Waals surface area contributed by atoms with Crippen LogP contribution in [0.1, 0.15) is 86.0 Å². The molecule has 29 heteroatoms. The van der Waals surface area contributed by atoms with Crippen LogP contribution in [0, 0.1) is 0 Å². The van der Waals surface area contributed by atoms with E-state index in [1.54, 1.807) is 81.8 Å². The molecule has 564 valence electrons. The van der Waals surface area contributed by atoms with Gasteiger partial charge in [0.1, 0.15) is 23.0 Å². The van der Waals surface area contributed by atoms with Gasteiger partial charge in [-0.1, -0.05) is 18.5 Å². The van der Waals surface area contributed by atoms with Crippen LogP contribution in [0.4, 0.5) is 5.69 Å². The zero-order valence-corrected chi connectivity index (χ0v) is 63.3. The number of pyridine rings is 3. The number of rotatable bonds is 27. The number of halogens is 1. The Kier molecular flexibility index (Phi) is 45.4.